The van der Waals surface area contributed by atoms with Crippen LogP contribution < -0.4 is 4.84 Å². The number of carboxylic acid groups (broad SMARTS) is 1. The number of aromatic nitrogens is 2. The lowest BCUT2D eigenvalue weighted by Crippen LogP contribution is -2.37. The van der Waals surface area contributed by atoms with E-state index in [1.54, 1.807) is 18.5 Å². The van der Waals surface area contributed by atoms with Crippen molar-refractivity contribution >= 4 is 11.8 Å². The average molecular weight is 236 g/mol. The van der Waals surface area contributed by atoms with Crippen LogP contribution in [-0.2, 0) is 0 Å². The van der Waals surface area contributed by atoms with Crippen molar-refractivity contribution in [3.8, 4) is 6.01 Å². The number of likely N-dealkylation sites (tertiary alicyclic amines) is 1. The summed E-state index contributed by atoms with van der Waals surface area (Å²) in [6, 6.07) is 1.88. The molecule has 1 amide bonds. The van der Waals surface area contributed by atoms with Crippen molar-refractivity contribution in [2.45, 2.75) is 12.8 Å². The van der Waals surface area contributed by atoms with E-state index in [0.717, 1.165) is 5.71 Å². The van der Waals surface area contributed by atoms with Gasteiger partial charge in [0.2, 0.25) is 0 Å². The van der Waals surface area contributed by atoms with Crippen molar-refractivity contribution in [1.29, 1.82) is 0 Å². The van der Waals surface area contributed by atoms with Crippen molar-refractivity contribution in [1.82, 2.24) is 14.9 Å². The Morgan fingerprint density at radius 2 is 2.00 bits per heavy atom. The van der Waals surface area contributed by atoms with Gasteiger partial charge in [-0.25, -0.2) is 14.8 Å². The van der Waals surface area contributed by atoms with E-state index in [0.29, 0.717) is 25.9 Å². The average Bonchev–Trinajstić information content (AvgIpc) is 2.38. The quantitative estimate of drug-likeness (QED) is 0.773. The lowest BCUT2D eigenvalue weighted by Gasteiger charge is -2.24. The highest BCUT2D eigenvalue weighted by Crippen LogP contribution is 2.08. The summed E-state index contributed by atoms with van der Waals surface area (Å²) in [5.74, 6) is 0. The minimum absolute atomic E-state index is 0.195. The first kappa shape index (κ1) is 11.3. The Bertz CT molecular complexity index is 411. The third-order valence-electron chi connectivity index (χ3n) is 2.41. The summed E-state index contributed by atoms with van der Waals surface area (Å²) in [6.07, 6.45) is 3.40. The normalized spacial score (nSPS) is 15.5. The Kier molecular flexibility index (Phi) is 3.49. The van der Waals surface area contributed by atoms with Crippen LogP contribution >= 0.6 is 0 Å². The van der Waals surface area contributed by atoms with E-state index in [4.69, 9.17) is 9.94 Å². The van der Waals surface area contributed by atoms with Crippen molar-refractivity contribution in [2.75, 3.05) is 13.1 Å². The molecule has 1 N–H and O–H groups in total. The molecule has 0 saturated carbocycles. The first-order valence-electron chi connectivity index (χ1n) is 5.23. The summed E-state index contributed by atoms with van der Waals surface area (Å²) < 4.78 is 0. The third-order valence-corrected chi connectivity index (χ3v) is 2.41. The molecule has 0 unspecified atom stereocenters. The van der Waals surface area contributed by atoms with Crippen LogP contribution in [0.3, 0.4) is 0 Å². The maximum atomic E-state index is 10.7. The standard InChI is InChI=1S/C10H12N4O3/c15-10(16)14-6-2-8(3-7-14)13-17-9-11-4-1-5-12-9/h1,4-5H,2-3,6-7H2,(H,15,16). The molecule has 17 heavy (non-hydrogen) atoms. The van der Waals surface area contributed by atoms with Gasteiger partial charge in [0, 0.05) is 38.3 Å². The second-order valence-corrected chi connectivity index (χ2v) is 3.55. The molecule has 2 heterocycles. The molecule has 1 aromatic heterocycles. The van der Waals surface area contributed by atoms with E-state index in [9.17, 15) is 4.79 Å². The summed E-state index contributed by atoms with van der Waals surface area (Å²) in [7, 11) is 0. The molecule has 1 saturated heterocycles. The molecule has 1 fully saturated rings. The van der Waals surface area contributed by atoms with Gasteiger partial charge in [-0.15, -0.1) is 0 Å². The summed E-state index contributed by atoms with van der Waals surface area (Å²) in [5, 5.41) is 12.7. The molecule has 1 aliphatic heterocycles. The van der Waals surface area contributed by atoms with E-state index >= 15 is 0 Å². The van der Waals surface area contributed by atoms with Gasteiger partial charge in [-0.3, -0.25) is 0 Å². The molecule has 0 radical (unpaired) electrons. The lowest BCUT2D eigenvalue weighted by molar-refractivity contribution is 0.144. The molecule has 1 aliphatic rings. The Balaban J connectivity index is 1.87. The van der Waals surface area contributed by atoms with Gasteiger partial charge < -0.3 is 14.8 Å². The molecule has 0 aromatic carbocycles. The number of nitrogens with zero attached hydrogens (tertiary/aromatic N) is 4. The molecule has 0 atom stereocenters. The number of amides is 1. The van der Waals surface area contributed by atoms with Gasteiger partial charge in [-0.05, 0) is 6.07 Å². The fourth-order valence-corrected chi connectivity index (χ4v) is 1.49. The van der Waals surface area contributed by atoms with Gasteiger partial charge in [0.15, 0.2) is 0 Å². The Morgan fingerprint density at radius 1 is 1.35 bits per heavy atom. The number of hydrogen-bond acceptors (Lipinski definition) is 5. The van der Waals surface area contributed by atoms with Crippen LogP contribution in [0.1, 0.15) is 12.8 Å². The first-order valence-corrected chi connectivity index (χ1v) is 5.23. The zero-order chi connectivity index (χ0) is 12.1. The lowest BCUT2D eigenvalue weighted by atomic mass is 10.1. The highest BCUT2D eigenvalue weighted by molar-refractivity contribution is 5.86. The highest BCUT2D eigenvalue weighted by Gasteiger charge is 2.19. The van der Waals surface area contributed by atoms with Crippen LogP contribution in [0.4, 0.5) is 4.79 Å². The monoisotopic (exact) mass is 236 g/mol. The molecule has 7 heteroatoms. The summed E-state index contributed by atoms with van der Waals surface area (Å²) in [4.78, 5) is 24.8. The van der Waals surface area contributed by atoms with Gasteiger partial charge in [0.05, 0.1) is 5.71 Å². The van der Waals surface area contributed by atoms with E-state index in [1.165, 1.54) is 4.90 Å². The summed E-state index contributed by atoms with van der Waals surface area (Å²) >= 11 is 0. The second-order valence-electron chi connectivity index (χ2n) is 3.55. The minimum Gasteiger partial charge on any atom is -0.465 e. The maximum absolute atomic E-state index is 10.7. The van der Waals surface area contributed by atoms with Crippen LogP contribution in [-0.4, -0.2) is 44.9 Å². The first-order chi connectivity index (χ1) is 8.25. The van der Waals surface area contributed by atoms with Crippen molar-refractivity contribution in [3.05, 3.63) is 18.5 Å². The third kappa shape index (κ3) is 3.13. The molecule has 0 bridgehead atoms. The second kappa shape index (κ2) is 5.24. The van der Waals surface area contributed by atoms with E-state index in [1.807, 2.05) is 0 Å². The van der Waals surface area contributed by atoms with Gasteiger partial charge in [0.25, 0.3) is 0 Å². The molecular formula is C10H12N4O3. The Morgan fingerprint density at radius 3 is 2.59 bits per heavy atom. The number of carbonyl (C=O) groups is 1. The molecule has 0 spiro atoms. The van der Waals surface area contributed by atoms with E-state index in [2.05, 4.69) is 15.1 Å². The number of hydrogen-bond donors (Lipinski definition) is 1. The maximum Gasteiger partial charge on any atom is 0.407 e. The molecule has 2 rings (SSSR count). The zero-order valence-corrected chi connectivity index (χ0v) is 9.11. The fraction of sp³-hybridized carbons (Fsp3) is 0.400. The van der Waals surface area contributed by atoms with Crippen molar-refractivity contribution < 1.29 is 14.7 Å². The van der Waals surface area contributed by atoms with Gasteiger partial charge in [-0.1, -0.05) is 5.16 Å². The fourth-order valence-electron chi connectivity index (χ4n) is 1.49. The van der Waals surface area contributed by atoms with E-state index < -0.39 is 6.09 Å². The summed E-state index contributed by atoms with van der Waals surface area (Å²) in [6.45, 7) is 0.903. The van der Waals surface area contributed by atoms with Gasteiger partial charge >= 0.3 is 12.1 Å². The van der Waals surface area contributed by atoms with E-state index in [-0.39, 0.29) is 6.01 Å². The topological polar surface area (TPSA) is 87.9 Å². The van der Waals surface area contributed by atoms with Crippen LogP contribution in [0.15, 0.2) is 23.6 Å². The minimum atomic E-state index is -0.892. The smallest absolute Gasteiger partial charge is 0.407 e. The SMILES string of the molecule is O=C(O)N1CCC(=NOc2ncccn2)CC1. The highest BCUT2D eigenvalue weighted by atomic mass is 16.6. The summed E-state index contributed by atoms with van der Waals surface area (Å²) in [5.41, 5.74) is 0.829. The van der Waals surface area contributed by atoms with Crippen LogP contribution in [0.2, 0.25) is 0 Å². The van der Waals surface area contributed by atoms with Crippen LogP contribution in [0.25, 0.3) is 0 Å². The molecular weight excluding hydrogens is 224 g/mol. The zero-order valence-electron chi connectivity index (χ0n) is 9.11. The predicted molar refractivity (Wildman–Crippen MR) is 58.9 cm³/mol. The molecule has 0 aliphatic carbocycles. The van der Waals surface area contributed by atoms with Crippen LogP contribution in [0, 0.1) is 0 Å². The van der Waals surface area contributed by atoms with Gasteiger partial charge in [0.1, 0.15) is 0 Å². The molecule has 7 nitrogen and oxygen atoms in total. The largest absolute Gasteiger partial charge is 0.465 e. The Labute approximate surface area is 97.7 Å². The predicted octanol–water partition coefficient (Wildman–Crippen LogP) is 0.985. The number of rotatable bonds is 2. The Hall–Kier alpha value is -2.18. The number of piperidine rings is 1. The number of oxime groups is 1. The van der Waals surface area contributed by atoms with Crippen LogP contribution in [0.5, 0.6) is 6.01 Å². The molecule has 90 valence electrons. The van der Waals surface area contributed by atoms with Gasteiger partial charge in [-0.2, -0.15) is 0 Å². The van der Waals surface area contributed by atoms with Crippen molar-refractivity contribution in [3.63, 3.8) is 0 Å². The van der Waals surface area contributed by atoms with Crippen molar-refractivity contribution in [2.24, 2.45) is 5.16 Å². The molecule has 1 aromatic rings.